The quantitative estimate of drug-likeness (QED) is 0.832. The van der Waals surface area contributed by atoms with Crippen molar-refractivity contribution in [2.45, 2.75) is 32.6 Å². The second kappa shape index (κ2) is 4.39. The first kappa shape index (κ1) is 11.7. The standard InChI is InChI=1S/C15H17NOS/c1-9-7-10(2)14-13(8-9)16-15(18-14)11-3-5-12(17)6-4-11/h3-6,9-10,17H,7-8H2,1-2H3. The van der Waals surface area contributed by atoms with Crippen LogP contribution in [0.25, 0.3) is 10.6 Å². The molecule has 1 aliphatic rings. The predicted octanol–water partition coefficient (Wildman–Crippen LogP) is 4.20. The molecule has 2 unspecified atom stereocenters. The Morgan fingerprint density at radius 2 is 1.94 bits per heavy atom. The molecule has 2 aromatic rings. The van der Waals surface area contributed by atoms with E-state index in [0.717, 1.165) is 22.9 Å². The third kappa shape index (κ3) is 2.03. The number of phenolic OH excluding ortho intramolecular Hbond substituents is 1. The number of hydrogen-bond acceptors (Lipinski definition) is 3. The molecule has 0 amide bonds. The minimum atomic E-state index is 0.307. The molecule has 0 saturated carbocycles. The smallest absolute Gasteiger partial charge is 0.123 e. The van der Waals surface area contributed by atoms with E-state index in [1.165, 1.54) is 17.0 Å². The zero-order valence-corrected chi connectivity index (χ0v) is 11.5. The first-order valence-electron chi connectivity index (χ1n) is 6.42. The Labute approximate surface area is 111 Å². The second-order valence-corrected chi connectivity index (χ2v) is 6.35. The van der Waals surface area contributed by atoms with Gasteiger partial charge in [0.15, 0.2) is 0 Å². The Bertz CT molecular complexity index is 558. The van der Waals surface area contributed by atoms with Gasteiger partial charge in [0, 0.05) is 10.4 Å². The lowest BCUT2D eigenvalue weighted by atomic mass is 9.86. The highest BCUT2D eigenvalue weighted by Gasteiger charge is 2.25. The van der Waals surface area contributed by atoms with Crippen molar-refractivity contribution in [3.05, 3.63) is 34.8 Å². The molecule has 3 rings (SSSR count). The van der Waals surface area contributed by atoms with Crippen molar-refractivity contribution < 1.29 is 5.11 Å². The van der Waals surface area contributed by atoms with E-state index in [4.69, 9.17) is 4.98 Å². The Balaban J connectivity index is 2.00. The maximum Gasteiger partial charge on any atom is 0.123 e. The van der Waals surface area contributed by atoms with Gasteiger partial charge in [0.1, 0.15) is 10.8 Å². The van der Waals surface area contributed by atoms with E-state index in [-0.39, 0.29) is 0 Å². The Morgan fingerprint density at radius 1 is 1.22 bits per heavy atom. The van der Waals surface area contributed by atoms with Crippen LogP contribution in [0, 0.1) is 5.92 Å². The van der Waals surface area contributed by atoms with Crippen LogP contribution in [0.3, 0.4) is 0 Å². The fraction of sp³-hybridized carbons (Fsp3) is 0.400. The number of benzene rings is 1. The summed E-state index contributed by atoms with van der Waals surface area (Å²) in [4.78, 5) is 6.24. The molecule has 1 aromatic carbocycles. The lowest BCUT2D eigenvalue weighted by Gasteiger charge is -2.22. The monoisotopic (exact) mass is 259 g/mol. The molecule has 0 radical (unpaired) electrons. The van der Waals surface area contributed by atoms with Gasteiger partial charge in [-0.15, -0.1) is 11.3 Å². The molecule has 1 heterocycles. The van der Waals surface area contributed by atoms with Gasteiger partial charge in [-0.3, -0.25) is 0 Å². The van der Waals surface area contributed by atoms with Gasteiger partial charge in [0.2, 0.25) is 0 Å². The maximum atomic E-state index is 9.33. The van der Waals surface area contributed by atoms with E-state index in [0.29, 0.717) is 11.7 Å². The maximum absolute atomic E-state index is 9.33. The van der Waals surface area contributed by atoms with Crippen LogP contribution < -0.4 is 0 Å². The first-order valence-corrected chi connectivity index (χ1v) is 7.24. The summed E-state index contributed by atoms with van der Waals surface area (Å²) < 4.78 is 0. The summed E-state index contributed by atoms with van der Waals surface area (Å²) in [5.74, 6) is 1.68. The van der Waals surface area contributed by atoms with Gasteiger partial charge in [-0.25, -0.2) is 4.98 Å². The van der Waals surface area contributed by atoms with Crippen molar-refractivity contribution in [2.75, 3.05) is 0 Å². The van der Waals surface area contributed by atoms with Crippen LogP contribution in [0.5, 0.6) is 5.75 Å². The molecule has 0 saturated heterocycles. The van der Waals surface area contributed by atoms with Crippen LogP contribution in [-0.4, -0.2) is 10.1 Å². The van der Waals surface area contributed by atoms with E-state index in [1.54, 1.807) is 12.1 Å². The van der Waals surface area contributed by atoms with Gasteiger partial charge in [-0.05, 0) is 48.9 Å². The number of rotatable bonds is 1. The number of aromatic hydroxyl groups is 1. The minimum absolute atomic E-state index is 0.307. The Morgan fingerprint density at radius 3 is 2.67 bits per heavy atom. The summed E-state index contributed by atoms with van der Waals surface area (Å²) >= 11 is 1.81. The highest BCUT2D eigenvalue weighted by molar-refractivity contribution is 7.15. The lowest BCUT2D eigenvalue weighted by Crippen LogP contribution is -2.12. The average Bonchev–Trinajstić information content (AvgIpc) is 2.74. The van der Waals surface area contributed by atoms with Gasteiger partial charge in [-0.2, -0.15) is 0 Å². The van der Waals surface area contributed by atoms with Crippen LogP contribution in [0.4, 0.5) is 0 Å². The van der Waals surface area contributed by atoms with Crippen molar-refractivity contribution in [1.82, 2.24) is 4.98 Å². The molecule has 0 spiro atoms. The first-order chi connectivity index (χ1) is 8.63. The second-order valence-electron chi connectivity index (χ2n) is 5.32. The van der Waals surface area contributed by atoms with Crippen LogP contribution in [0.1, 0.15) is 36.8 Å². The molecule has 1 aliphatic carbocycles. The van der Waals surface area contributed by atoms with E-state index in [2.05, 4.69) is 13.8 Å². The van der Waals surface area contributed by atoms with Crippen LogP contribution >= 0.6 is 11.3 Å². The molecule has 2 nitrogen and oxygen atoms in total. The van der Waals surface area contributed by atoms with Crippen molar-refractivity contribution >= 4 is 11.3 Å². The summed E-state index contributed by atoms with van der Waals surface area (Å²) in [7, 11) is 0. The van der Waals surface area contributed by atoms with E-state index >= 15 is 0 Å². The Hall–Kier alpha value is -1.35. The Kier molecular flexibility index (Phi) is 2.86. The minimum Gasteiger partial charge on any atom is -0.508 e. The average molecular weight is 259 g/mol. The molecule has 0 fully saturated rings. The zero-order chi connectivity index (χ0) is 12.7. The SMILES string of the molecule is CC1Cc2nc(-c3ccc(O)cc3)sc2C(C)C1. The molecule has 0 bridgehead atoms. The fourth-order valence-corrected chi connectivity index (χ4v) is 3.91. The predicted molar refractivity (Wildman–Crippen MR) is 75.1 cm³/mol. The summed E-state index contributed by atoms with van der Waals surface area (Å²) in [6, 6.07) is 7.32. The summed E-state index contributed by atoms with van der Waals surface area (Å²) in [5, 5.41) is 10.4. The molecule has 0 aliphatic heterocycles. The van der Waals surface area contributed by atoms with Crippen LogP contribution in [0.2, 0.25) is 0 Å². The number of thiazole rings is 1. The van der Waals surface area contributed by atoms with E-state index < -0.39 is 0 Å². The van der Waals surface area contributed by atoms with Crippen molar-refractivity contribution in [3.63, 3.8) is 0 Å². The lowest BCUT2D eigenvalue weighted by molar-refractivity contribution is 0.450. The number of fused-ring (bicyclic) bond motifs is 1. The number of hydrogen-bond donors (Lipinski definition) is 1. The molecule has 1 N–H and O–H groups in total. The molecule has 1 aromatic heterocycles. The van der Waals surface area contributed by atoms with Gasteiger partial charge in [-0.1, -0.05) is 13.8 Å². The third-order valence-electron chi connectivity index (χ3n) is 3.59. The molecular formula is C15H17NOS. The van der Waals surface area contributed by atoms with Crippen molar-refractivity contribution in [1.29, 1.82) is 0 Å². The van der Waals surface area contributed by atoms with Crippen LogP contribution in [-0.2, 0) is 6.42 Å². The van der Waals surface area contributed by atoms with Gasteiger partial charge >= 0.3 is 0 Å². The van der Waals surface area contributed by atoms with E-state index in [9.17, 15) is 5.11 Å². The summed E-state index contributed by atoms with van der Waals surface area (Å²) in [5.41, 5.74) is 2.39. The van der Waals surface area contributed by atoms with E-state index in [1.807, 2.05) is 23.5 Å². The van der Waals surface area contributed by atoms with Gasteiger partial charge in [0.05, 0.1) is 5.69 Å². The number of phenols is 1. The van der Waals surface area contributed by atoms with Crippen molar-refractivity contribution in [2.24, 2.45) is 5.92 Å². The van der Waals surface area contributed by atoms with Gasteiger partial charge in [0.25, 0.3) is 0 Å². The summed E-state index contributed by atoms with van der Waals surface area (Å²) in [6.45, 7) is 4.60. The largest absolute Gasteiger partial charge is 0.508 e. The van der Waals surface area contributed by atoms with Crippen LogP contribution in [0.15, 0.2) is 24.3 Å². The molecule has 3 heteroatoms. The molecule has 18 heavy (non-hydrogen) atoms. The number of nitrogens with zero attached hydrogens (tertiary/aromatic N) is 1. The fourth-order valence-electron chi connectivity index (χ4n) is 2.75. The zero-order valence-electron chi connectivity index (χ0n) is 10.7. The highest BCUT2D eigenvalue weighted by Crippen LogP contribution is 2.40. The topological polar surface area (TPSA) is 33.1 Å². The van der Waals surface area contributed by atoms with Crippen molar-refractivity contribution in [3.8, 4) is 16.3 Å². The highest BCUT2D eigenvalue weighted by atomic mass is 32.1. The summed E-state index contributed by atoms with van der Waals surface area (Å²) in [6.07, 6.45) is 2.37. The normalized spacial score (nSPS) is 22.8. The molecule has 94 valence electrons. The van der Waals surface area contributed by atoms with Gasteiger partial charge < -0.3 is 5.11 Å². The number of aromatic nitrogens is 1. The third-order valence-corrected chi connectivity index (χ3v) is 4.97. The molecular weight excluding hydrogens is 242 g/mol. The molecule has 2 atom stereocenters.